The summed E-state index contributed by atoms with van der Waals surface area (Å²) in [6, 6.07) is 5.79. The maximum atomic E-state index is 11.8. The molecule has 0 saturated carbocycles. The summed E-state index contributed by atoms with van der Waals surface area (Å²) in [5.74, 6) is 0.790. The molecule has 1 aliphatic rings. The average Bonchev–Trinajstić information content (AvgIpc) is 3.10. The Morgan fingerprint density at radius 2 is 2.38 bits per heavy atom. The molecule has 0 aliphatic carbocycles. The van der Waals surface area contributed by atoms with Crippen LogP contribution in [0.25, 0.3) is 5.65 Å². The zero-order chi connectivity index (χ0) is 14.7. The van der Waals surface area contributed by atoms with E-state index < -0.39 is 6.10 Å². The van der Waals surface area contributed by atoms with Crippen molar-refractivity contribution >= 4 is 17.3 Å². The smallest absolute Gasteiger partial charge is 0.264 e. The number of nitrogens with one attached hydrogen (secondary N) is 1. The third-order valence-corrected chi connectivity index (χ3v) is 3.37. The van der Waals surface area contributed by atoms with Crippen LogP contribution in [0.3, 0.4) is 0 Å². The SMILES string of the molecule is CC1=NOC(C(=O)NCCCc2nnc3ccccn23)C1. The average molecular weight is 287 g/mol. The molecule has 0 bridgehead atoms. The Bertz CT molecular complexity index is 679. The van der Waals surface area contributed by atoms with Gasteiger partial charge in [0.15, 0.2) is 5.65 Å². The maximum Gasteiger partial charge on any atom is 0.264 e. The van der Waals surface area contributed by atoms with Crippen molar-refractivity contribution in [2.45, 2.75) is 32.3 Å². The highest BCUT2D eigenvalue weighted by Crippen LogP contribution is 2.10. The molecular weight excluding hydrogens is 270 g/mol. The third-order valence-electron chi connectivity index (χ3n) is 3.37. The van der Waals surface area contributed by atoms with E-state index in [1.54, 1.807) is 0 Å². The van der Waals surface area contributed by atoms with E-state index in [2.05, 4.69) is 20.7 Å². The summed E-state index contributed by atoms with van der Waals surface area (Å²) < 4.78 is 1.96. The molecule has 7 heteroatoms. The van der Waals surface area contributed by atoms with Crippen LogP contribution in [0.1, 0.15) is 25.6 Å². The Morgan fingerprint density at radius 1 is 1.48 bits per heavy atom. The summed E-state index contributed by atoms with van der Waals surface area (Å²) in [5.41, 5.74) is 1.69. The number of pyridine rings is 1. The van der Waals surface area contributed by atoms with Gasteiger partial charge in [0.2, 0.25) is 6.10 Å². The van der Waals surface area contributed by atoms with Crippen molar-refractivity contribution < 1.29 is 9.63 Å². The number of hydrogen-bond acceptors (Lipinski definition) is 5. The molecule has 3 heterocycles. The van der Waals surface area contributed by atoms with E-state index >= 15 is 0 Å². The molecule has 0 saturated heterocycles. The van der Waals surface area contributed by atoms with Crippen molar-refractivity contribution in [1.82, 2.24) is 19.9 Å². The van der Waals surface area contributed by atoms with E-state index in [1.165, 1.54) is 0 Å². The maximum absolute atomic E-state index is 11.8. The summed E-state index contributed by atoms with van der Waals surface area (Å²) in [7, 11) is 0. The third kappa shape index (κ3) is 3.01. The zero-order valence-electron chi connectivity index (χ0n) is 11.8. The van der Waals surface area contributed by atoms with Crippen molar-refractivity contribution in [1.29, 1.82) is 0 Å². The Morgan fingerprint density at radius 3 is 3.19 bits per heavy atom. The van der Waals surface area contributed by atoms with Crippen LogP contribution in [0.5, 0.6) is 0 Å². The Kier molecular flexibility index (Phi) is 3.81. The number of oxime groups is 1. The first kappa shape index (κ1) is 13.5. The molecule has 1 aliphatic heterocycles. The lowest BCUT2D eigenvalue weighted by molar-refractivity contribution is -0.131. The summed E-state index contributed by atoms with van der Waals surface area (Å²) in [5, 5.41) is 14.9. The van der Waals surface area contributed by atoms with Crippen LogP contribution >= 0.6 is 0 Å². The molecule has 0 fully saturated rings. The highest BCUT2D eigenvalue weighted by Gasteiger charge is 2.25. The lowest BCUT2D eigenvalue weighted by Crippen LogP contribution is -2.35. The van der Waals surface area contributed by atoms with Gasteiger partial charge in [-0.15, -0.1) is 10.2 Å². The van der Waals surface area contributed by atoms with Crippen molar-refractivity contribution in [3.8, 4) is 0 Å². The van der Waals surface area contributed by atoms with Gasteiger partial charge in [-0.3, -0.25) is 9.20 Å². The minimum Gasteiger partial charge on any atom is -0.382 e. The second-order valence-electron chi connectivity index (χ2n) is 5.06. The highest BCUT2D eigenvalue weighted by atomic mass is 16.6. The molecule has 7 nitrogen and oxygen atoms in total. The predicted molar refractivity (Wildman–Crippen MR) is 76.9 cm³/mol. The molecule has 2 aromatic heterocycles. The first-order valence-electron chi connectivity index (χ1n) is 6.99. The Hall–Kier alpha value is -2.44. The van der Waals surface area contributed by atoms with E-state index in [1.807, 2.05) is 35.7 Å². The molecule has 1 unspecified atom stereocenters. The summed E-state index contributed by atoms with van der Waals surface area (Å²) in [6.07, 6.45) is 3.59. The van der Waals surface area contributed by atoms with Crippen molar-refractivity contribution in [2.24, 2.45) is 5.16 Å². The fraction of sp³-hybridized carbons (Fsp3) is 0.429. The number of hydrogen-bond donors (Lipinski definition) is 1. The topological polar surface area (TPSA) is 80.9 Å². The van der Waals surface area contributed by atoms with Gasteiger partial charge in [0.25, 0.3) is 5.91 Å². The number of carbonyl (C=O) groups excluding carboxylic acids is 1. The lowest BCUT2D eigenvalue weighted by Gasteiger charge is -2.08. The van der Waals surface area contributed by atoms with Gasteiger partial charge in [0.1, 0.15) is 5.82 Å². The number of nitrogens with zero attached hydrogens (tertiary/aromatic N) is 4. The predicted octanol–water partition coefficient (Wildman–Crippen LogP) is 0.943. The van der Waals surface area contributed by atoms with E-state index in [0.29, 0.717) is 13.0 Å². The molecule has 0 spiro atoms. The number of rotatable bonds is 5. The van der Waals surface area contributed by atoms with Crippen LogP contribution in [0.4, 0.5) is 0 Å². The Balaban J connectivity index is 1.45. The summed E-state index contributed by atoms with van der Waals surface area (Å²) in [6.45, 7) is 2.43. The van der Waals surface area contributed by atoms with Gasteiger partial charge in [0.05, 0.1) is 5.71 Å². The number of amides is 1. The monoisotopic (exact) mass is 287 g/mol. The molecule has 110 valence electrons. The number of aryl methyl sites for hydroxylation is 1. The van der Waals surface area contributed by atoms with Crippen molar-refractivity contribution in [3.63, 3.8) is 0 Å². The first-order valence-corrected chi connectivity index (χ1v) is 6.99. The summed E-state index contributed by atoms with van der Waals surface area (Å²) >= 11 is 0. The lowest BCUT2D eigenvalue weighted by atomic mass is 10.2. The van der Waals surface area contributed by atoms with Crippen LogP contribution in [0, 0.1) is 0 Å². The van der Waals surface area contributed by atoms with Crippen LogP contribution < -0.4 is 5.32 Å². The van der Waals surface area contributed by atoms with Gasteiger partial charge in [-0.25, -0.2) is 0 Å². The molecule has 1 amide bonds. The molecule has 2 aromatic rings. The van der Waals surface area contributed by atoms with Crippen LogP contribution in [0.15, 0.2) is 29.6 Å². The van der Waals surface area contributed by atoms with Gasteiger partial charge in [-0.2, -0.15) is 0 Å². The number of aromatic nitrogens is 3. The molecule has 21 heavy (non-hydrogen) atoms. The number of carbonyl (C=O) groups is 1. The van der Waals surface area contributed by atoms with Crippen LogP contribution in [0.2, 0.25) is 0 Å². The van der Waals surface area contributed by atoms with E-state index in [-0.39, 0.29) is 5.91 Å². The number of fused-ring (bicyclic) bond motifs is 1. The van der Waals surface area contributed by atoms with Gasteiger partial charge < -0.3 is 10.2 Å². The zero-order valence-corrected chi connectivity index (χ0v) is 11.8. The van der Waals surface area contributed by atoms with E-state index in [9.17, 15) is 4.79 Å². The molecule has 1 N–H and O–H groups in total. The van der Waals surface area contributed by atoms with Gasteiger partial charge >= 0.3 is 0 Å². The fourth-order valence-electron chi connectivity index (χ4n) is 2.27. The first-order chi connectivity index (χ1) is 10.2. The van der Waals surface area contributed by atoms with Gasteiger partial charge in [-0.05, 0) is 25.5 Å². The second-order valence-corrected chi connectivity index (χ2v) is 5.06. The Labute approximate surface area is 122 Å². The standard InChI is InChI=1S/C14H17N5O2/c1-10-9-11(21-18-10)14(20)15-7-4-6-13-17-16-12-5-2-3-8-19(12)13/h2-3,5,8,11H,4,6-7,9H2,1H3,(H,15,20). The minimum absolute atomic E-state index is 0.110. The van der Waals surface area contributed by atoms with Crippen molar-refractivity contribution in [2.75, 3.05) is 6.54 Å². The molecule has 0 radical (unpaired) electrons. The second kappa shape index (κ2) is 5.90. The normalized spacial score (nSPS) is 17.6. The highest BCUT2D eigenvalue weighted by molar-refractivity contribution is 5.91. The van der Waals surface area contributed by atoms with E-state index in [0.717, 1.165) is 30.0 Å². The summed E-state index contributed by atoms with van der Waals surface area (Å²) in [4.78, 5) is 16.9. The minimum atomic E-state index is -0.473. The quantitative estimate of drug-likeness (QED) is 0.830. The molecule has 0 aromatic carbocycles. The fourth-order valence-corrected chi connectivity index (χ4v) is 2.27. The molecular formula is C14H17N5O2. The largest absolute Gasteiger partial charge is 0.382 e. The van der Waals surface area contributed by atoms with Gasteiger partial charge in [0, 0.05) is 25.6 Å². The van der Waals surface area contributed by atoms with Crippen LogP contribution in [-0.4, -0.2) is 38.9 Å². The van der Waals surface area contributed by atoms with E-state index in [4.69, 9.17) is 4.84 Å². The van der Waals surface area contributed by atoms with Crippen LogP contribution in [-0.2, 0) is 16.1 Å². The van der Waals surface area contributed by atoms with Gasteiger partial charge in [-0.1, -0.05) is 11.2 Å². The van der Waals surface area contributed by atoms with Crippen molar-refractivity contribution in [3.05, 3.63) is 30.2 Å². The molecule has 3 rings (SSSR count). The molecule has 1 atom stereocenters.